The third-order valence-corrected chi connectivity index (χ3v) is 6.85. The monoisotopic (exact) mass is 498 g/mol. The van der Waals surface area contributed by atoms with E-state index < -0.39 is 0 Å². The van der Waals surface area contributed by atoms with Gasteiger partial charge in [-0.05, 0) is 97.4 Å². The zero-order chi connectivity index (χ0) is 25.2. The fraction of sp³-hybridized carbons (Fsp3) is 0.103. The highest BCUT2D eigenvalue weighted by atomic mass is 32.2. The zero-order valence-electron chi connectivity index (χ0n) is 19.8. The van der Waals surface area contributed by atoms with E-state index in [1.807, 2.05) is 50.2 Å². The number of para-hydroxylation sites is 1. The van der Waals surface area contributed by atoms with E-state index in [4.69, 9.17) is 4.74 Å². The Kier molecular flexibility index (Phi) is 6.48. The molecule has 4 aromatic rings. The van der Waals surface area contributed by atoms with E-state index in [2.05, 4.69) is 4.57 Å². The summed E-state index contributed by atoms with van der Waals surface area (Å²) >= 11 is 0.949. The molecule has 2 amide bonds. The molecule has 0 spiro atoms. The highest BCUT2D eigenvalue weighted by molar-refractivity contribution is 8.19. The summed E-state index contributed by atoms with van der Waals surface area (Å²) in [6.07, 6.45) is 1.78. The smallest absolute Gasteiger partial charge is 0.298 e. The second kappa shape index (κ2) is 9.87. The molecule has 0 N–H and O–H groups in total. The number of imide groups is 1. The fourth-order valence-corrected chi connectivity index (χ4v) is 5.01. The minimum atomic E-state index is -0.316. The first kappa shape index (κ1) is 23.6. The number of rotatable bonds is 6. The molecule has 0 aliphatic carbocycles. The number of nitrogens with zero attached hydrogens (tertiary/aromatic N) is 2. The van der Waals surface area contributed by atoms with Crippen molar-refractivity contribution >= 4 is 34.7 Å². The number of hydrogen-bond acceptors (Lipinski definition) is 4. The van der Waals surface area contributed by atoms with Gasteiger partial charge in [0.2, 0.25) is 0 Å². The van der Waals surface area contributed by atoms with Crippen LogP contribution in [-0.2, 0) is 11.4 Å². The van der Waals surface area contributed by atoms with Crippen LogP contribution in [0.5, 0.6) is 5.75 Å². The van der Waals surface area contributed by atoms with Crippen LogP contribution in [0, 0.1) is 19.7 Å². The van der Waals surface area contributed by atoms with Crippen molar-refractivity contribution in [3.8, 4) is 11.4 Å². The van der Waals surface area contributed by atoms with Crippen molar-refractivity contribution in [2.24, 2.45) is 0 Å². The number of aryl methyl sites for hydroxylation is 1. The summed E-state index contributed by atoms with van der Waals surface area (Å²) in [4.78, 5) is 27.1. The van der Waals surface area contributed by atoms with Crippen molar-refractivity contribution in [3.63, 3.8) is 0 Å². The molecule has 5 nitrogen and oxygen atoms in total. The SMILES string of the molecule is Cc1cc(/C=C2\SC(=O)N(c3ccccc3)C2=O)c(C)n1-c1ccc(OCc2ccc(F)cc2)cc1. The van der Waals surface area contributed by atoms with Crippen LogP contribution >= 0.6 is 11.8 Å². The molecule has 0 unspecified atom stereocenters. The van der Waals surface area contributed by atoms with Crippen molar-refractivity contribution in [1.82, 2.24) is 4.57 Å². The largest absolute Gasteiger partial charge is 0.489 e. The van der Waals surface area contributed by atoms with Crippen LogP contribution in [0.25, 0.3) is 11.8 Å². The maximum atomic E-state index is 13.1. The van der Waals surface area contributed by atoms with Crippen molar-refractivity contribution in [2.75, 3.05) is 4.90 Å². The number of aromatic nitrogens is 1. The summed E-state index contributed by atoms with van der Waals surface area (Å²) in [5.74, 6) is 0.121. The number of amides is 2. The first-order valence-corrected chi connectivity index (χ1v) is 12.2. The van der Waals surface area contributed by atoms with Crippen LogP contribution in [-0.4, -0.2) is 15.7 Å². The maximum absolute atomic E-state index is 13.1. The Hall–Kier alpha value is -4.10. The molecule has 7 heteroatoms. The standard InChI is InChI=1S/C29H23FN2O3S/c1-19-16-22(17-27-28(33)32(29(34)36-27)24-6-4-3-5-7-24)20(2)31(19)25-12-14-26(15-13-25)35-18-21-8-10-23(30)11-9-21/h3-17H,18H2,1-2H3/b27-17-. The lowest BCUT2D eigenvalue weighted by atomic mass is 10.2. The zero-order valence-corrected chi connectivity index (χ0v) is 20.6. The summed E-state index contributed by atoms with van der Waals surface area (Å²) in [7, 11) is 0. The van der Waals surface area contributed by atoms with Crippen LogP contribution in [0.3, 0.4) is 0 Å². The van der Waals surface area contributed by atoms with Crippen LogP contribution in [0.4, 0.5) is 14.9 Å². The number of benzene rings is 3. The van der Waals surface area contributed by atoms with Gasteiger partial charge in [-0.1, -0.05) is 30.3 Å². The first-order chi connectivity index (χ1) is 17.4. The van der Waals surface area contributed by atoms with E-state index in [0.717, 1.165) is 40.0 Å². The van der Waals surface area contributed by atoms with Gasteiger partial charge in [0.15, 0.2) is 0 Å². The average molecular weight is 499 g/mol. The van der Waals surface area contributed by atoms with Crippen LogP contribution in [0.2, 0.25) is 0 Å². The molecule has 0 bridgehead atoms. The highest BCUT2D eigenvalue weighted by Crippen LogP contribution is 2.36. The second-order valence-corrected chi connectivity index (χ2v) is 9.42. The third-order valence-electron chi connectivity index (χ3n) is 5.98. The minimum Gasteiger partial charge on any atom is -0.489 e. The van der Waals surface area contributed by atoms with E-state index in [1.165, 1.54) is 17.0 Å². The molecule has 1 aliphatic rings. The number of carbonyl (C=O) groups excluding carboxylic acids is 2. The summed E-state index contributed by atoms with van der Waals surface area (Å²) in [5.41, 5.74) is 5.24. The van der Waals surface area contributed by atoms with Gasteiger partial charge in [0.05, 0.1) is 10.6 Å². The van der Waals surface area contributed by atoms with Crippen molar-refractivity contribution in [1.29, 1.82) is 0 Å². The molecule has 1 saturated heterocycles. The van der Waals surface area contributed by atoms with E-state index in [9.17, 15) is 14.0 Å². The Labute approximate surface area is 212 Å². The topological polar surface area (TPSA) is 51.5 Å². The molecule has 1 aromatic heterocycles. The van der Waals surface area contributed by atoms with E-state index in [-0.39, 0.29) is 17.0 Å². The Balaban J connectivity index is 1.35. The molecule has 5 rings (SSSR count). The van der Waals surface area contributed by atoms with Crippen molar-refractivity contribution in [2.45, 2.75) is 20.5 Å². The molecule has 2 heterocycles. The Morgan fingerprint density at radius 2 is 1.58 bits per heavy atom. The van der Waals surface area contributed by atoms with Gasteiger partial charge < -0.3 is 9.30 Å². The van der Waals surface area contributed by atoms with E-state index in [1.54, 1.807) is 42.5 Å². The van der Waals surface area contributed by atoms with Crippen molar-refractivity contribution in [3.05, 3.63) is 118 Å². The lowest BCUT2D eigenvalue weighted by Gasteiger charge is -2.12. The van der Waals surface area contributed by atoms with Crippen LogP contribution in [0.1, 0.15) is 22.5 Å². The Morgan fingerprint density at radius 3 is 2.28 bits per heavy atom. The molecule has 180 valence electrons. The van der Waals surface area contributed by atoms with Gasteiger partial charge in [-0.15, -0.1) is 0 Å². The number of ether oxygens (including phenoxy) is 1. The molecular weight excluding hydrogens is 475 g/mol. The van der Waals surface area contributed by atoms with Gasteiger partial charge in [0, 0.05) is 17.1 Å². The van der Waals surface area contributed by atoms with E-state index in [0.29, 0.717) is 22.9 Å². The Bertz CT molecular complexity index is 1460. The Morgan fingerprint density at radius 1 is 0.889 bits per heavy atom. The number of thioether (sulfide) groups is 1. The second-order valence-electron chi connectivity index (χ2n) is 8.42. The van der Waals surface area contributed by atoms with Gasteiger partial charge >= 0.3 is 0 Å². The highest BCUT2D eigenvalue weighted by Gasteiger charge is 2.36. The predicted octanol–water partition coefficient (Wildman–Crippen LogP) is 7.05. The normalized spacial score (nSPS) is 14.6. The van der Waals surface area contributed by atoms with Gasteiger partial charge in [-0.25, -0.2) is 9.29 Å². The quantitative estimate of drug-likeness (QED) is 0.267. The van der Waals surface area contributed by atoms with Gasteiger partial charge in [0.1, 0.15) is 18.2 Å². The number of halogens is 1. The van der Waals surface area contributed by atoms with Crippen LogP contribution in [0.15, 0.2) is 89.8 Å². The predicted molar refractivity (Wildman–Crippen MR) is 141 cm³/mol. The van der Waals surface area contributed by atoms with Crippen molar-refractivity contribution < 1.29 is 18.7 Å². The number of anilines is 1. The summed E-state index contributed by atoms with van der Waals surface area (Å²) < 4.78 is 21.0. The number of carbonyl (C=O) groups is 2. The summed E-state index contributed by atoms with van der Waals surface area (Å²) in [6.45, 7) is 4.33. The molecule has 0 radical (unpaired) electrons. The minimum absolute atomic E-state index is 0.272. The molecular formula is C29H23FN2O3S. The lowest BCUT2D eigenvalue weighted by molar-refractivity contribution is -0.113. The van der Waals surface area contributed by atoms with Crippen LogP contribution < -0.4 is 9.64 Å². The molecule has 36 heavy (non-hydrogen) atoms. The summed E-state index contributed by atoms with van der Waals surface area (Å²) in [6, 6.07) is 24.9. The summed E-state index contributed by atoms with van der Waals surface area (Å²) in [5, 5.41) is -0.303. The molecule has 1 fully saturated rings. The molecule has 1 aliphatic heterocycles. The van der Waals surface area contributed by atoms with Gasteiger partial charge in [-0.2, -0.15) is 0 Å². The first-order valence-electron chi connectivity index (χ1n) is 11.4. The number of hydrogen-bond donors (Lipinski definition) is 0. The average Bonchev–Trinajstić information content (AvgIpc) is 3.32. The molecule has 3 aromatic carbocycles. The fourth-order valence-electron chi connectivity index (χ4n) is 4.18. The lowest BCUT2D eigenvalue weighted by Crippen LogP contribution is -2.27. The van der Waals surface area contributed by atoms with E-state index >= 15 is 0 Å². The maximum Gasteiger partial charge on any atom is 0.298 e. The molecule has 0 atom stereocenters. The van der Waals surface area contributed by atoms with Gasteiger partial charge in [0.25, 0.3) is 11.1 Å². The third kappa shape index (κ3) is 4.70. The van der Waals surface area contributed by atoms with Gasteiger partial charge in [-0.3, -0.25) is 9.59 Å². The molecule has 0 saturated carbocycles.